The first-order chi connectivity index (χ1) is 10.9. The predicted molar refractivity (Wildman–Crippen MR) is 88.3 cm³/mol. The van der Waals surface area contributed by atoms with Crippen molar-refractivity contribution < 1.29 is 31.7 Å². The Morgan fingerprint density at radius 1 is 1.12 bits per heavy atom. The van der Waals surface area contributed by atoms with E-state index in [1.54, 1.807) is 6.92 Å². The lowest BCUT2D eigenvalue weighted by molar-refractivity contribution is -0.145. The van der Waals surface area contributed by atoms with Gasteiger partial charge in [0.1, 0.15) is 12.6 Å². The summed E-state index contributed by atoms with van der Waals surface area (Å²) in [5.74, 6) is -0.928. The highest BCUT2D eigenvalue weighted by molar-refractivity contribution is 7.84. The molecule has 1 amide bonds. The van der Waals surface area contributed by atoms with Crippen LogP contribution in [0.2, 0.25) is 0 Å². The maximum Gasteiger partial charge on any atom is 0.407 e. The van der Waals surface area contributed by atoms with Crippen LogP contribution in [-0.4, -0.2) is 56.2 Å². The highest BCUT2D eigenvalue weighted by Crippen LogP contribution is 2.26. The smallest absolute Gasteiger partial charge is 0.407 e. The fraction of sp³-hybridized carbons (Fsp3) is 0.818. The van der Waals surface area contributed by atoms with Gasteiger partial charge in [-0.25, -0.2) is 4.79 Å². The Balaban J connectivity index is 5.07. The van der Waals surface area contributed by atoms with Gasteiger partial charge in [0.2, 0.25) is 3.79 Å². The number of alkyl carbamates (subject to hydrolysis) is 1. The van der Waals surface area contributed by atoms with E-state index in [2.05, 4.69) is 14.2 Å². The summed E-state index contributed by atoms with van der Waals surface area (Å²) in [7, 11) is -4.47. The molecule has 24 heavy (non-hydrogen) atoms. The molecule has 0 aliphatic heterocycles. The third kappa shape index (κ3) is 10.4. The average Bonchev–Trinajstić information content (AvgIpc) is 2.42. The zero-order valence-corrected chi connectivity index (χ0v) is 16.3. The normalized spacial score (nSPS) is 14.6. The molecular weight excluding hydrogens is 411 g/mol. The van der Waals surface area contributed by atoms with Crippen LogP contribution in [0.3, 0.4) is 0 Å². The minimum Gasteiger partial charge on any atom is -0.465 e. The molecule has 0 spiro atoms. The largest absolute Gasteiger partial charge is 0.465 e. The summed E-state index contributed by atoms with van der Waals surface area (Å²) in [5.41, 5.74) is 0. The number of carbonyl (C=O) groups excluding carboxylic acids is 2. The molecule has 9 nitrogen and oxygen atoms in total. The standard InChI is InChI=1S/C11H19Cl3N2O7S/c1-4-21-9(17)8(7(3)15-10(18)22-5-2)16-24(19,20)23-6-11(12,13)14/h7-8,16H,4-6H2,1-3H3,(H,15,18). The molecule has 0 heterocycles. The van der Waals surface area contributed by atoms with Gasteiger partial charge in [-0.3, -0.25) is 8.98 Å². The number of nitrogens with one attached hydrogen (secondary N) is 2. The Bertz CT molecular complexity index is 524. The number of amides is 1. The first kappa shape index (κ1) is 23.5. The molecule has 142 valence electrons. The molecule has 0 fully saturated rings. The van der Waals surface area contributed by atoms with Crippen LogP contribution in [-0.2, 0) is 28.8 Å². The molecule has 0 radical (unpaired) electrons. The van der Waals surface area contributed by atoms with Crippen molar-refractivity contribution in [2.45, 2.75) is 36.6 Å². The van der Waals surface area contributed by atoms with Gasteiger partial charge in [-0.15, -0.1) is 0 Å². The van der Waals surface area contributed by atoms with Crippen molar-refractivity contribution in [1.29, 1.82) is 0 Å². The quantitative estimate of drug-likeness (QED) is 0.418. The first-order valence-corrected chi connectivity index (χ1v) is 9.29. The SMILES string of the molecule is CCOC(=O)NC(C)C(NS(=O)(=O)OCC(Cl)(Cl)Cl)C(=O)OCC. The van der Waals surface area contributed by atoms with Crippen molar-refractivity contribution >= 4 is 57.2 Å². The summed E-state index contributed by atoms with van der Waals surface area (Å²) in [6.45, 7) is 3.81. The maximum absolute atomic E-state index is 11.9. The zero-order chi connectivity index (χ0) is 19.0. The molecule has 2 unspecified atom stereocenters. The van der Waals surface area contributed by atoms with Gasteiger partial charge in [0, 0.05) is 0 Å². The van der Waals surface area contributed by atoms with Crippen molar-refractivity contribution in [2.24, 2.45) is 0 Å². The first-order valence-electron chi connectivity index (χ1n) is 6.75. The summed E-state index contributed by atoms with van der Waals surface area (Å²) in [6, 6.07) is -2.48. The topological polar surface area (TPSA) is 120 Å². The van der Waals surface area contributed by atoms with E-state index in [9.17, 15) is 18.0 Å². The Hall–Kier alpha value is -0.520. The van der Waals surface area contributed by atoms with Crippen LogP contribution in [0.1, 0.15) is 20.8 Å². The second-order valence-electron chi connectivity index (χ2n) is 4.33. The van der Waals surface area contributed by atoms with Crippen molar-refractivity contribution in [1.82, 2.24) is 10.0 Å². The molecule has 0 bridgehead atoms. The maximum atomic E-state index is 11.9. The minimum absolute atomic E-state index is 0.00179. The fourth-order valence-corrected chi connectivity index (χ4v) is 2.73. The van der Waals surface area contributed by atoms with Crippen LogP contribution >= 0.6 is 34.8 Å². The van der Waals surface area contributed by atoms with E-state index < -0.39 is 44.8 Å². The van der Waals surface area contributed by atoms with Crippen LogP contribution < -0.4 is 10.0 Å². The van der Waals surface area contributed by atoms with Crippen LogP contribution in [0, 0.1) is 0 Å². The van der Waals surface area contributed by atoms with E-state index in [4.69, 9.17) is 39.5 Å². The van der Waals surface area contributed by atoms with Crippen molar-refractivity contribution in [3.63, 3.8) is 0 Å². The molecule has 13 heteroatoms. The molecule has 0 aromatic heterocycles. The van der Waals surface area contributed by atoms with E-state index in [1.807, 2.05) is 4.72 Å². The highest BCUT2D eigenvalue weighted by atomic mass is 35.6. The minimum atomic E-state index is -4.47. The van der Waals surface area contributed by atoms with E-state index in [1.165, 1.54) is 13.8 Å². The molecule has 0 rings (SSSR count). The molecule has 2 atom stereocenters. The van der Waals surface area contributed by atoms with Crippen LogP contribution in [0.4, 0.5) is 4.79 Å². The Labute approximate surface area is 155 Å². The molecule has 0 aliphatic carbocycles. The average molecular weight is 430 g/mol. The number of alkyl halides is 3. The Morgan fingerprint density at radius 2 is 1.67 bits per heavy atom. The van der Waals surface area contributed by atoms with Gasteiger partial charge < -0.3 is 14.8 Å². The summed E-state index contributed by atoms with van der Waals surface area (Å²) < 4.78 is 37.6. The van der Waals surface area contributed by atoms with Crippen LogP contribution in [0.25, 0.3) is 0 Å². The molecule has 0 aromatic rings. The van der Waals surface area contributed by atoms with E-state index in [0.717, 1.165) is 0 Å². The predicted octanol–water partition coefficient (Wildman–Crippen LogP) is 1.27. The highest BCUT2D eigenvalue weighted by Gasteiger charge is 2.34. The monoisotopic (exact) mass is 428 g/mol. The van der Waals surface area contributed by atoms with E-state index in [0.29, 0.717) is 0 Å². The lowest BCUT2D eigenvalue weighted by Crippen LogP contribution is -2.55. The lowest BCUT2D eigenvalue weighted by atomic mass is 10.1. The molecular formula is C11H19Cl3N2O7S. The third-order valence-electron chi connectivity index (χ3n) is 2.31. The van der Waals surface area contributed by atoms with Gasteiger partial charge >= 0.3 is 22.4 Å². The molecule has 0 saturated heterocycles. The molecule has 0 aliphatic rings. The number of hydrogen-bond donors (Lipinski definition) is 2. The van der Waals surface area contributed by atoms with Gasteiger partial charge in [0.05, 0.1) is 19.3 Å². The van der Waals surface area contributed by atoms with E-state index in [-0.39, 0.29) is 13.2 Å². The fourth-order valence-electron chi connectivity index (χ4n) is 1.36. The van der Waals surface area contributed by atoms with Gasteiger partial charge in [0.25, 0.3) is 0 Å². The molecule has 0 saturated carbocycles. The third-order valence-corrected chi connectivity index (χ3v) is 3.61. The number of carbonyl (C=O) groups is 2. The number of rotatable bonds is 9. The Kier molecular flexibility index (Phi) is 10.2. The summed E-state index contributed by atoms with van der Waals surface area (Å²) >= 11 is 16.2. The summed E-state index contributed by atoms with van der Waals surface area (Å²) in [5, 5.41) is 2.29. The molecule has 0 aromatic carbocycles. The van der Waals surface area contributed by atoms with Crippen molar-refractivity contribution in [2.75, 3.05) is 19.8 Å². The number of hydrogen-bond acceptors (Lipinski definition) is 7. The lowest BCUT2D eigenvalue weighted by Gasteiger charge is -2.24. The van der Waals surface area contributed by atoms with E-state index >= 15 is 0 Å². The summed E-state index contributed by atoms with van der Waals surface area (Å²) in [4.78, 5) is 23.3. The van der Waals surface area contributed by atoms with Gasteiger partial charge in [-0.2, -0.15) is 13.1 Å². The number of halogens is 3. The van der Waals surface area contributed by atoms with Gasteiger partial charge in [0.15, 0.2) is 0 Å². The zero-order valence-electron chi connectivity index (χ0n) is 13.2. The van der Waals surface area contributed by atoms with Crippen molar-refractivity contribution in [3.05, 3.63) is 0 Å². The van der Waals surface area contributed by atoms with Crippen LogP contribution in [0.5, 0.6) is 0 Å². The summed E-state index contributed by atoms with van der Waals surface area (Å²) in [6.07, 6.45) is -0.833. The second kappa shape index (κ2) is 10.5. The van der Waals surface area contributed by atoms with Gasteiger partial charge in [-0.05, 0) is 20.8 Å². The van der Waals surface area contributed by atoms with Gasteiger partial charge in [-0.1, -0.05) is 34.8 Å². The second-order valence-corrected chi connectivity index (χ2v) is 8.23. The Morgan fingerprint density at radius 3 is 2.12 bits per heavy atom. The number of esters is 1. The number of ether oxygens (including phenoxy) is 2. The molecule has 2 N–H and O–H groups in total. The van der Waals surface area contributed by atoms with Crippen molar-refractivity contribution in [3.8, 4) is 0 Å². The van der Waals surface area contributed by atoms with Crippen LogP contribution in [0.15, 0.2) is 0 Å².